The maximum absolute atomic E-state index is 13.1. The molecule has 0 aliphatic carbocycles. The fraction of sp³-hybridized carbons (Fsp3) is 0.370. The van der Waals surface area contributed by atoms with Gasteiger partial charge in [-0.3, -0.25) is 14.9 Å². The summed E-state index contributed by atoms with van der Waals surface area (Å²) in [7, 11) is 0. The van der Waals surface area contributed by atoms with E-state index >= 15 is 0 Å². The number of carbonyl (C=O) groups excluding carboxylic acids is 3. The van der Waals surface area contributed by atoms with Gasteiger partial charge in [0.15, 0.2) is 11.5 Å². The van der Waals surface area contributed by atoms with E-state index in [1.54, 1.807) is 24.3 Å². The van der Waals surface area contributed by atoms with Gasteiger partial charge in [0.05, 0.1) is 23.4 Å². The Hall–Kier alpha value is -2.84. The summed E-state index contributed by atoms with van der Waals surface area (Å²) in [5, 5.41) is 2.68. The summed E-state index contributed by atoms with van der Waals surface area (Å²) in [5.74, 6) is -0.430. The molecule has 36 heavy (non-hydrogen) atoms. The highest BCUT2D eigenvalue weighted by atomic mass is 79.9. The molecule has 0 saturated carbocycles. The van der Waals surface area contributed by atoms with Crippen molar-refractivity contribution in [3.8, 4) is 11.5 Å². The van der Waals surface area contributed by atoms with Crippen LogP contribution >= 0.6 is 27.5 Å². The second-order valence-corrected chi connectivity index (χ2v) is 9.60. The van der Waals surface area contributed by atoms with Gasteiger partial charge >= 0.3 is 6.03 Å². The normalized spacial score (nSPS) is 14.8. The first-order valence-electron chi connectivity index (χ1n) is 12.1. The summed E-state index contributed by atoms with van der Waals surface area (Å²) in [6, 6.07) is 8.83. The van der Waals surface area contributed by atoms with Gasteiger partial charge in [-0.15, -0.1) is 0 Å². The highest BCUT2D eigenvalue weighted by molar-refractivity contribution is 9.10. The minimum absolute atomic E-state index is 0.181. The van der Waals surface area contributed by atoms with Gasteiger partial charge in [0.25, 0.3) is 11.8 Å². The molecule has 1 aliphatic rings. The SMILES string of the molecule is CCCCCCCCOc1c(Br)cc(/C=C2/C(=O)NC(=O)N(c3ccc(Cl)cc3)C2=O)cc1OCC. The summed E-state index contributed by atoms with van der Waals surface area (Å²) in [5.41, 5.74) is 0.663. The number of carbonyl (C=O) groups is 3. The Morgan fingerprint density at radius 2 is 1.67 bits per heavy atom. The molecule has 1 saturated heterocycles. The minimum Gasteiger partial charge on any atom is -0.490 e. The second kappa shape index (κ2) is 13.5. The highest BCUT2D eigenvalue weighted by Crippen LogP contribution is 2.38. The van der Waals surface area contributed by atoms with Gasteiger partial charge in [0.1, 0.15) is 5.57 Å². The first-order chi connectivity index (χ1) is 17.3. The van der Waals surface area contributed by atoms with Crippen LogP contribution in [0.4, 0.5) is 10.5 Å². The number of halogens is 2. The zero-order chi connectivity index (χ0) is 26.1. The largest absolute Gasteiger partial charge is 0.490 e. The third kappa shape index (κ3) is 7.11. The monoisotopic (exact) mass is 576 g/mol. The van der Waals surface area contributed by atoms with Crippen molar-refractivity contribution < 1.29 is 23.9 Å². The van der Waals surface area contributed by atoms with E-state index in [1.165, 1.54) is 43.9 Å². The number of barbiturate groups is 1. The molecule has 192 valence electrons. The van der Waals surface area contributed by atoms with E-state index in [4.69, 9.17) is 21.1 Å². The number of urea groups is 1. The van der Waals surface area contributed by atoms with Crippen LogP contribution in [0.25, 0.3) is 6.08 Å². The number of nitrogens with zero attached hydrogens (tertiary/aromatic N) is 1. The number of hydrogen-bond acceptors (Lipinski definition) is 5. The number of anilines is 1. The Balaban J connectivity index is 1.81. The first kappa shape index (κ1) is 27.7. The average Bonchev–Trinajstić information content (AvgIpc) is 2.84. The van der Waals surface area contributed by atoms with E-state index in [0.717, 1.165) is 17.7 Å². The molecule has 1 aliphatic heterocycles. The zero-order valence-electron chi connectivity index (χ0n) is 20.4. The van der Waals surface area contributed by atoms with Crippen LogP contribution < -0.4 is 19.7 Å². The van der Waals surface area contributed by atoms with E-state index in [0.29, 0.717) is 45.5 Å². The lowest BCUT2D eigenvalue weighted by Gasteiger charge is -2.26. The number of ether oxygens (including phenoxy) is 2. The molecule has 0 atom stereocenters. The van der Waals surface area contributed by atoms with Gasteiger partial charge in [-0.1, -0.05) is 50.6 Å². The number of benzene rings is 2. The summed E-state index contributed by atoms with van der Waals surface area (Å²) in [4.78, 5) is 39.0. The lowest BCUT2D eigenvalue weighted by molar-refractivity contribution is -0.122. The Kier molecular flexibility index (Phi) is 10.4. The molecule has 1 fully saturated rings. The summed E-state index contributed by atoms with van der Waals surface area (Å²) in [6.07, 6.45) is 8.37. The molecule has 0 radical (unpaired) electrons. The quantitative estimate of drug-likeness (QED) is 0.168. The molecular formula is C27H30BrClN2O5. The fourth-order valence-corrected chi connectivity index (χ4v) is 4.48. The third-order valence-corrected chi connectivity index (χ3v) is 6.41. The van der Waals surface area contributed by atoms with Crippen molar-refractivity contribution in [2.45, 2.75) is 52.4 Å². The summed E-state index contributed by atoms with van der Waals surface area (Å²) in [6.45, 7) is 5.04. The lowest BCUT2D eigenvalue weighted by atomic mass is 10.1. The van der Waals surface area contributed by atoms with Gasteiger partial charge in [-0.05, 0) is 77.3 Å². The van der Waals surface area contributed by atoms with Crippen molar-refractivity contribution in [2.75, 3.05) is 18.1 Å². The van der Waals surface area contributed by atoms with E-state index < -0.39 is 17.8 Å². The van der Waals surface area contributed by atoms with E-state index in [9.17, 15) is 14.4 Å². The summed E-state index contributed by atoms with van der Waals surface area (Å²) < 4.78 is 12.4. The van der Waals surface area contributed by atoms with Gasteiger partial charge in [-0.2, -0.15) is 0 Å². The van der Waals surface area contributed by atoms with Crippen LogP contribution in [-0.2, 0) is 9.59 Å². The average molecular weight is 578 g/mol. The van der Waals surface area contributed by atoms with Gasteiger partial charge in [0, 0.05) is 5.02 Å². The molecule has 2 aromatic rings. The predicted octanol–water partition coefficient (Wildman–Crippen LogP) is 6.91. The van der Waals surface area contributed by atoms with E-state index in [-0.39, 0.29) is 5.57 Å². The zero-order valence-corrected chi connectivity index (χ0v) is 22.8. The number of hydrogen-bond donors (Lipinski definition) is 1. The molecule has 4 amide bonds. The van der Waals surface area contributed by atoms with Crippen LogP contribution in [0.2, 0.25) is 5.02 Å². The number of unbranched alkanes of at least 4 members (excludes halogenated alkanes) is 5. The van der Waals surface area contributed by atoms with E-state index in [2.05, 4.69) is 28.2 Å². The van der Waals surface area contributed by atoms with Crippen LogP contribution in [0.5, 0.6) is 11.5 Å². The molecule has 0 spiro atoms. The first-order valence-corrected chi connectivity index (χ1v) is 13.3. The molecule has 9 heteroatoms. The molecule has 1 heterocycles. The number of imide groups is 2. The molecule has 2 aromatic carbocycles. The molecule has 0 unspecified atom stereocenters. The molecule has 0 bridgehead atoms. The van der Waals surface area contributed by atoms with Crippen molar-refractivity contribution >= 4 is 57.1 Å². The molecule has 3 rings (SSSR count). The molecule has 7 nitrogen and oxygen atoms in total. The molecule has 0 aromatic heterocycles. The van der Waals surface area contributed by atoms with Crippen LogP contribution in [0.1, 0.15) is 57.9 Å². The third-order valence-electron chi connectivity index (χ3n) is 5.57. The van der Waals surface area contributed by atoms with Crippen LogP contribution in [0.15, 0.2) is 46.4 Å². The van der Waals surface area contributed by atoms with Crippen molar-refractivity contribution in [1.29, 1.82) is 0 Å². The number of rotatable bonds is 12. The van der Waals surface area contributed by atoms with Crippen molar-refractivity contribution in [3.63, 3.8) is 0 Å². The molecular weight excluding hydrogens is 548 g/mol. The standard InChI is InChI=1S/C27H30BrClN2O5/c1-3-5-6-7-8-9-14-36-24-22(28)16-18(17-23(24)35-4-2)15-21-25(32)30-27(34)31(26(21)33)20-12-10-19(29)11-13-20/h10-13,15-17H,3-9,14H2,1-2H3,(H,30,32,34)/b21-15-. The maximum atomic E-state index is 13.1. The topological polar surface area (TPSA) is 84.9 Å². The van der Waals surface area contributed by atoms with Crippen molar-refractivity contribution in [1.82, 2.24) is 5.32 Å². The Morgan fingerprint density at radius 3 is 2.36 bits per heavy atom. The van der Waals surface area contributed by atoms with Crippen LogP contribution in [-0.4, -0.2) is 31.1 Å². The smallest absolute Gasteiger partial charge is 0.335 e. The maximum Gasteiger partial charge on any atom is 0.335 e. The lowest BCUT2D eigenvalue weighted by Crippen LogP contribution is -2.54. The number of amides is 4. The number of nitrogens with one attached hydrogen (secondary N) is 1. The van der Waals surface area contributed by atoms with Crippen molar-refractivity contribution in [2.24, 2.45) is 0 Å². The van der Waals surface area contributed by atoms with Gasteiger partial charge < -0.3 is 9.47 Å². The van der Waals surface area contributed by atoms with Crippen LogP contribution in [0.3, 0.4) is 0 Å². The van der Waals surface area contributed by atoms with E-state index in [1.807, 2.05) is 6.92 Å². The van der Waals surface area contributed by atoms with Gasteiger partial charge in [0.2, 0.25) is 0 Å². The predicted molar refractivity (Wildman–Crippen MR) is 145 cm³/mol. The Bertz CT molecular complexity index is 1130. The molecule has 1 N–H and O–H groups in total. The Morgan fingerprint density at radius 1 is 0.972 bits per heavy atom. The summed E-state index contributed by atoms with van der Waals surface area (Å²) >= 11 is 9.45. The van der Waals surface area contributed by atoms with Crippen LogP contribution in [0, 0.1) is 0 Å². The van der Waals surface area contributed by atoms with Gasteiger partial charge in [-0.25, -0.2) is 9.69 Å². The second-order valence-electron chi connectivity index (χ2n) is 8.31. The van der Waals surface area contributed by atoms with Crippen molar-refractivity contribution in [3.05, 3.63) is 57.0 Å². The fourth-order valence-electron chi connectivity index (χ4n) is 3.78. The Labute approximate surface area is 224 Å². The minimum atomic E-state index is -0.820. The highest BCUT2D eigenvalue weighted by Gasteiger charge is 2.36.